The molecule has 0 saturated carbocycles. The van der Waals surface area contributed by atoms with E-state index in [0.717, 1.165) is 32.0 Å². The van der Waals surface area contributed by atoms with Crippen molar-refractivity contribution in [3.05, 3.63) is 23.9 Å². The summed E-state index contributed by atoms with van der Waals surface area (Å²) in [5.74, 6) is 1.01. The highest BCUT2D eigenvalue weighted by Crippen LogP contribution is 2.40. The van der Waals surface area contributed by atoms with Crippen molar-refractivity contribution in [2.75, 3.05) is 31.1 Å². The predicted octanol–water partition coefficient (Wildman–Crippen LogP) is 1.14. The molecule has 3 rings (SSSR count). The fourth-order valence-corrected chi connectivity index (χ4v) is 2.84. The Morgan fingerprint density at radius 2 is 2.06 bits per heavy atom. The summed E-state index contributed by atoms with van der Waals surface area (Å²) in [6.45, 7) is 4.53. The minimum Gasteiger partial charge on any atom is -0.355 e. The first-order valence-corrected chi connectivity index (χ1v) is 6.13. The minimum absolute atomic E-state index is 0.529. The van der Waals surface area contributed by atoms with Crippen molar-refractivity contribution in [3.63, 3.8) is 0 Å². The van der Waals surface area contributed by atoms with Gasteiger partial charge in [0.2, 0.25) is 0 Å². The quantitative estimate of drug-likeness (QED) is 0.783. The Hall–Kier alpha value is -1.60. The lowest BCUT2D eigenvalue weighted by Gasteiger charge is -2.53. The number of nitrogens with zero attached hydrogens (tertiary/aromatic N) is 3. The van der Waals surface area contributed by atoms with Crippen LogP contribution < -0.4 is 10.2 Å². The molecule has 0 aliphatic carbocycles. The van der Waals surface area contributed by atoms with Gasteiger partial charge in [0.05, 0.1) is 5.56 Å². The highest BCUT2D eigenvalue weighted by molar-refractivity contribution is 5.45. The first-order chi connectivity index (χ1) is 8.31. The number of piperidine rings is 1. The van der Waals surface area contributed by atoms with Gasteiger partial charge in [-0.05, 0) is 38.1 Å². The number of nitriles is 1. The summed E-state index contributed by atoms with van der Waals surface area (Å²) < 4.78 is 0. The lowest BCUT2D eigenvalue weighted by molar-refractivity contribution is 0.149. The fraction of sp³-hybridized carbons (Fsp3) is 0.538. The molecular weight excluding hydrogens is 212 g/mol. The molecule has 2 aliphatic rings. The third-order valence-electron chi connectivity index (χ3n) is 3.92. The first-order valence-electron chi connectivity index (χ1n) is 6.13. The van der Waals surface area contributed by atoms with E-state index in [0.29, 0.717) is 11.0 Å². The Balaban J connectivity index is 1.66. The van der Waals surface area contributed by atoms with Crippen molar-refractivity contribution in [1.29, 1.82) is 5.26 Å². The molecule has 2 saturated heterocycles. The SMILES string of the molecule is N#Cc1ccc(N2CC3(CCNCC3)C2)nc1. The average Bonchev–Trinajstić information content (AvgIpc) is 2.37. The average molecular weight is 228 g/mol. The zero-order chi connectivity index (χ0) is 11.7. The van der Waals surface area contributed by atoms with Crippen molar-refractivity contribution < 1.29 is 0 Å². The number of rotatable bonds is 1. The second-order valence-electron chi connectivity index (χ2n) is 5.12. The molecule has 1 N–H and O–H groups in total. The van der Waals surface area contributed by atoms with Crippen LogP contribution in [0.3, 0.4) is 0 Å². The minimum atomic E-state index is 0.529. The molecule has 2 aliphatic heterocycles. The number of hydrogen-bond donors (Lipinski definition) is 1. The van der Waals surface area contributed by atoms with Gasteiger partial charge in [0.1, 0.15) is 11.9 Å². The Morgan fingerprint density at radius 1 is 1.29 bits per heavy atom. The van der Waals surface area contributed by atoms with Crippen LogP contribution in [0.25, 0.3) is 0 Å². The van der Waals surface area contributed by atoms with Crippen molar-refractivity contribution in [2.45, 2.75) is 12.8 Å². The lowest BCUT2D eigenvalue weighted by atomic mass is 9.72. The fourth-order valence-electron chi connectivity index (χ4n) is 2.84. The zero-order valence-electron chi connectivity index (χ0n) is 9.82. The largest absolute Gasteiger partial charge is 0.355 e. The highest BCUT2D eigenvalue weighted by atomic mass is 15.3. The molecule has 1 aromatic heterocycles. The van der Waals surface area contributed by atoms with E-state index in [4.69, 9.17) is 5.26 Å². The maximum Gasteiger partial charge on any atom is 0.128 e. The van der Waals surface area contributed by atoms with Crippen LogP contribution in [-0.2, 0) is 0 Å². The van der Waals surface area contributed by atoms with Crippen LogP contribution in [0, 0.1) is 16.7 Å². The standard InChI is InChI=1S/C13H16N4/c14-7-11-1-2-12(16-8-11)17-9-13(10-17)3-5-15-6-4-13/h1-2,8,15H,3-6,9-10H2. The molecule has 4 heteroatoms. The van der Waals surface area contributed by atoms with Gasteiger partial charge in [-0.3, -0.25) is 0 Å². The summed E-state index contributed by atoms with van der Waals surface area (Å²) in [5.41, 5.74) is 1.16. The van der Waals surface area contributed by atoms with Gasteiger partial charge >= 0.3 is 0 Å². The molecule has 0 aromatic carbocycles. The second kappa shape index (κ2) is 4.01. The van der Waals surface area contributed by atoms with Crippen LogP contribution >= 0.6 is 0 Å². The van der Waals surface area contributed by atoms with Gasteiger partial charge in [-0.15, -0.1) is 0 Å². The lowest BCUT2D eigenvalue weighted by Crippen LogP contribution is -2.60. The summed E-state index contributed by atoms with van der Waals surface area (Å²) >= 11 is 0. The van der Waals surface area contributed by atoms with Crippen LogP contribution in [0.4, 0.5) is 5.82 Å². The molecule has 0 amide bonds. The van der Waals surface area contributed by atoms with Crippen LogP contribution in [0.5, 0.6) is 0 Å². The second-order valence-corrected chi connectivity index (χ2v) is 5.12. The number of aromatic nitrogens is 1. The van der Waals surface area contributed by atoms with Gasteiger partial charge in [-0.1, -0.05) is 0 Å². The van der Waals surface area contributed by atoms with Gasteiger partial charge in [0, 0.05) is 24.7 Å². The van der Waals surface area contributed by atoms with Crippen molar-refractivity contribution in [1.82, 2.24) is 10.3 Å². The van der Waals surface area contributed by atoms with Gasteiger partial charge < -0.3 is 10.2 Å². The number of hydrogen-bond acceptors (Lipinski definition) is 4. The molecule has 4 nitrogen and oxygen atoms in total. The van der Waals surface area contributed by atoms with E-state index in [1.807, 2.05) is 12.1 Å². The molecule has 0 radical (unpaired) electrons. The van der Waals surface area contributed by atoms with Gasteiger partial charge in [0.15, 0.2) is 0 Å². The summed E-state index contributed by atoms with van der Waals surface area (Å²) in [4.78, 5) is 6.65. The molecule has 0 bridgehead atoms. The Morgan fingerprint density at radius 3 is 2.65 bits per heavy atom. The maximum absolute atomic E-state index is 8.73. The summed E-state index contributed by atoms with van der Waals surface area (Å²) in [6.07, 6.45) is 4.21. The smallest absolute Gasteiger partial charge is 0.128 e. The van der Waals surface area contributed by atoms with Crippen molar-refractivity contribution >= 4 is 5.82 Å². The van der Waals surface area contributed by atoms with E-state index in [9.17, 15) is 0 Å². The highest BCUT2D eigenvalue weighted by Gasteiger charge is 2.43. The maximum atomic E-state index is 8.73. The topological polar surface area (TPSA) is 52.0 Å². The Labute approximate surface area is 101 Å². The van der Waals surface area contributed by atoms with Crippen molar-refractivity contribution in [2.24, 2.45) is 5.41 Å². The van der Waals surface area contributed by atoms with Crippen LogP contribution in [0.2, 0.25) is 0 Å². The van der Waals surface area contributed by atoms with Gasteiger partial charge in [-0.2, -0.15) is 5.26 Å². The van der Waals surface area contributed by atoms with Gasteiger partial charge in [-0.25, -0.2) is 4.98 Å². The summed E-state index contributed by atoms with van der Waals surface area (Å²) in [5, 5.41) is 12.1. The summed E-state index contributed by atoms with van der Waals surface area (Å²) in [7, 11) is 0. The molecular formula is C13H16N4. The normalized spacial score (nSPS) is 21.9. The number of nitrogens with one attached hydrogen (secondary N) is 1. The number of pyridine rings is 1. The molecule has 1 spiro atoms. The van der Waals surface area contributed by atoms with Gasteiger partial charge in [0.25, 0.3) is 0 Å². The molecule has 0 unspecified atom stereocenters. The summed E-state index contributed by atoms with van der Waals surface area (Å²) in [6, 6.07) is 5.89. The van der Waals surface area contributed by atoms with Crippen molar-refractivity contribution in [3.8, 4) is 6.07 Å². The van der Waals surface area contributed by atoms with E-state index in [-0.39, 0.29) is 0 Å². The van der Waals surface area contributed by atoms with Crippen LogP contribution in [-0.4, -0.2) is 31.2 Å². The number of anilines is 1. The van der Waals surface area contributed by atoms with E-state index >= 15 is 0 Å². The molecule has 1 aromatic rings. The molecule has 3 heterocycles. The Kier molecular flexibility index (Phi) is 2.49. The van der Waals surface area contributed by atoms with E-state index in [1.165, 1.54) is 12.8 Å². The van der Waals surface area contributed by atoms with Crippen LogP contribution in [0.15, 0.2) is 18.3 Å². The molecule has 2 fully saturated rings. The molecule has 17 heavy (non-hydrogen) atoms. The molecule has 88 valence electrons. The predicted molar refractivity (Wildman–Crippen MR) is 65.7 cm³/mol. The third kappa shape index (κ3) is 1.87. The Bertz CT molecular complexity index is 431. The van der Waals surface area contributed by atoms with E-state index < -0.39 is 0 Å². The van der Waals surface area contributed by atoms with Crippen LogP contribution in [0.1, 0.15) is 18.4 Å². The monoisotopic (exact) mass is 228 g/mol. The molecule has 0 atom stereocenters. The first kappa shape index (κ1) is 10.5. The third-order valence-corrected chi connectivity index (χ3v) is 3.92. The zero-order valence-corrected chi connectivity index (χ0v) is 9.82. The van der Waals surface area contributed by atoms with E-state index in [1.54, 1.807) is 6.20 Å². The van der Waals surface area contributed by atoms with E-state index in [2.05, 4.69) is 21.3 Å².